The van der Waals surface area contributed by atoms with Gasteiger partial charge in [-0.2, -0.15) is 11.3 Å². The van der Waals surface area contributed by atoms with Crippen molar-refractivity contribution in [1.82, 2.24) is 15.5 Å². The average Bonchev–Trinajstić information content (AvgIpc) is 2.86. The lowest BCUT2D eigenvalue weighted by Gasteiger charge is -2.18. The molecule has 92 valence electrons. The summed E-state index contributed by atoms with van der Waals surface area (Å²) in [6.07, 6.45) is 0. The first-order chi connectivity index (χ1) is 8.03. The van der Waals surface area contributed by atoms with Gasteiger partial charge in [-0.25, -0.2) is 0 Å². The first kappa shape index (κ1) is 12.1. The standard InChI is InChI=1S/C11H16N4OS/c1-11(2,3)12-6-9-14-15-10(16-9)13-8-4-5-17-7-8/h4-5,7,12H,6H2,1-3H3,(H,13,15). The SMILES string of the molecule is CC(C)(C)NCc1nnc(Nc2ccsc2)o1. The molecule has 5 nitrogen and oxygen atoms in total. The summed E-state index contributed by atoms with van der Waals surface area (Å²) in [7, 11) is 0. The molecule has 2 rings (SSSR count). The Labute approximate surface area is 104 Å². The molecule has 0 aliphatic carbocycles. The van der Waals surface area contributed by atoms with Gasteiger partial charge in [0, 0.05) is 10.9 Å². The fourth-order valence-corrected chi connectivity index (χ4v) is 1.76. The zero-order valence-corrected chi connectivity index (χ0v) is 11.0. The Morgan fingerprint density at radius 1 is 1.35 bits per heavy atom. The highest BCUT2D eigenvalue weighted by molar-refractivity contribution is 7.08. The van der Waals surface area contributed by atoms with Gasteiger partial charge in [0.25, 0.3) is 0 Å². The molecule has 0 atom stereocenters. The molecule has 0 aromatic carbocycles. The summed E-state index contributed by atoms with van der Waals surface area (Å²) in [6, 6.07) is 2.39. The Morgan fingerprint density at radius 3 is 2.82 bits per heavy atom. The molecule has 2 aromatic rings. The smallest absolute Gasteiger partial charge is 0.320 e. The first-order valence-corrected chi connectivity index (χ1v) is 6.34. The van der Waals surface area contributed by atoms with Gasteiger partial charge >= 0.3 is 6.01 Å². The maximum absolute atomic E-state index is 5.46. The van der Waals surface area contributed by atoms with Gasteiger partial charge in [0.05, 0.1) is 12.2 Å². The Morgan fingerprint density at radius 2 is 2.18 bits per heavy atom. The van der Waals surface area contributed by atoms with E-state index >= 15 is 0 Å². The molecule has 17 heavy (non-hydrogen) atoms. The van der Waals surface area contributed by atoms with Crippen molar-refractivity contribution in [2.24, 2.45) is 0 Å². The maximum Gasteiger partial charge on any atom is 0.320 e. The minimum Gasteiger partial charge on any atom is -0.406 e. The second kappa shape index (κ2) is 4.85. The van der Waals surface area contributed by atoms with Crippen LogP contribution in [0.3, 0.4) is 0 Å². The number of rotatable bonds is 4. The van der Waals surface area contributed by atoms with E-state index in [0.717, 1.165) is 5.69 Å². The van der Waals surface area contributed by atoms with Crippen LogP contribution in [0.1, 0.15) is 26.7 Å². The minimum absolute atomic E-state index is 0.0371. The largest absolute Gasteiger partial charge is 0.406 e. The molecule has 2 heterocycles. The summed E-state index contributed by atoms with van der Waals surface area (Å²) in [6.45, 7) is 6.84. The van der Waals surface area contributed by atoms with Crippen LogP contribution < -0.4 is 10.6 Å². The van der Waals surface area contributed by atoms with Crippen LogP contribution in [0.5, 0.6) is 0 Å². The monoisotopic (exact) mass is 252 g/mol. The molecular formula is C11H16N4OS. The van der Waals surface area contributed by atoms with Crippen molar-refractivity contribution < 1.29 is 4.42 Å². The van der Waals surface area contributed by atoms with Gasteiger partial charge in [0.15, 0.2) is 0 Å². The fraction of sp³-hybridized carbons (Fsp3) is 0.455. The van der Waals surface area contributed by atoms with E-state index in [1.807, 2.05) is 16.8 Å². The molecule has 0 fully saturated rings. The third-order valence-corrected chi connectivity index (χ3v) is 2.69. The molecule has 0 spiro atoms. The molecular weight excluding hydrogens is 236 g/mol. The van der Waals surface area contributed by atoms with Crippen LogP contribution in [0.4, 0.5) is 11.7 Å². The minimum atomic E-state index is 0.0371. The summed E-state index contributed by atoms with van der Waals surface area (Å²) < 4.78 is 5.46. The average molecular weight is 252 g/mol. The topological polar surface area (TPSA) is 63.0 Å². The van der Waals surface area contributed by atoms with Gasteiger partial charge in [-0.3, -0.25) is 0 Å². The molecule has 0 bridgehead atoms. The molecule has 0 saturated heterocycles. The lowest BCUT2D eigenvalue weighted by Crippen LogP contribution is -2.35. The predicted molar refractivity (Wildman–Crippen MR) is 68.5 cm³/mol. The highest BCUT2D eigenvalue weighted by Gasteiger charge is 2.12. The molecule has 0 aliphatic heterocycles. The molecule has 0 radical (unpaired) electrons. The number of aromatic nitrogens is 2. The van der Waals surface area contributed by atoms with Gasteiger partial charge in [-0.1, -0.05) is 5.10 Å². The van der Waals surface area contributed by atoms with Crippen molar-refractivity contribution in [3.8, 4) is 0 Å². The summed E-state index contributed by atoms with van der Waals surface area (Å²) in [5.74, 6) is 0.581. The third-order valence-electron chi connectivity index (χ3n) is 2.01. The number of anilines is 2. The van der Waals surface area contributed by atoms with Gasteiger partial charge in [-0.05, 0) is 32.2 Å². The Hall–Kier alpha value is -1.40. The molecule has 2 N–H and O–H groups in total. The first-order valence-electron chi connectivity index (χ1n) is 5.39. The van der Waals surface area contributed by atoms with Crippen LogP contribution in [-0.4, -0.2) is 15.7 Å². The second-order valence-electron chi connectivity index (χ2n) is 4.74. The third kappa shape index (κ3) is 3.83. The highest BCUT2D eigenvalue weighted by Crippen LogP contribution is 2.17. The van der Waals surface area contributed by atoms with Crippen LogP contribution in [0.2, 0.25) is 0 Å². The van der Waals surface area contributed by atoms with Crippen LogP contribution in [-0.2, 0) is 6.54 Å². The molecule has 0 unspecified atom stereocenters. The van der Waals surface area contributed by atoms with Gasteiger partial charge in [0.1, 0.15) is 0 Å². The summed E-state index contributed by atoms with van der Waals surface area (Å²) in [4.78, 5) is 0. The zero-order valence-electron chi connectivity index (χ0n) is 10.2. The van der Waals surface area contributed by atoms with Crippen LogP contribution in [0.25, 0.3) is 0 Å². The van der Waals surface area contributed by atoms with E-state index in [9.17, 15) is 0 Å². The van der Waals surface area contributed by atoms with E-state index in [-0.39, 0.29) is 5.54 Å². The molecule has 0 amide bonds. The molecule has 0 aliphatic rings. The quantitative estimate of drug-likeness (QED) is 0.876. The van der Waals surface area contributed by atoms with Crippen molar-refractivity contribution in [3.05, 3.63) is 22.7 Å². The van der Waals surface area contributed by atoms with Crippen molar-refractivity contribution in [2.75, 3.05) is 5.32 Å². The maximum atomic E-state index is 5.46. The number of nitrogens with one attached hydrogen (secondary N) is 2. The molecule has 0 saturated carbocycles. The number of thiophene rings is 1. The normalized spacial score (nSPS) is 11.7. The molecule has 2 aromatic heterocycles. The van der Waals surface area contributed by atoms with E-state index in [1.165, 1.54) is 0 Å². The lowest BCUT2D eigenvalue weighted by atomic mass is 10.1. The Bertz CT molecular complexity index is 458. The van der Waals surface area contributed by atoms with Crippen LogP contribution in [0.15, 0.2) is 21.2 Å². The van der Waals surface area contributed by atoms with E-state index in [4.69, 9.17) is 4.42 Å². The van der Waals surface area contributed by atoms with Crippen molar-refractivity contribution in [2.45, 2.75) is 32.9 Å². The van der Waals surface area contributed by atoms with Gasteiger partial charge in [0.2, 0.25) is 5.89 Å². The fourth-order valence-electron chi connectivity index (χ4n) is 1.18. The summed E-state index contributed by atoms with van der Waals surface area (Å²) in [5.41, 5.74) is 1.00. The number of hydrogen-bond donors (Lipinski definition) is 2. The van der Waals surface area contributed by atoms with E-state index < -0.39 is 0 Å². The van der Waals surface area contributed by atoms with Crippen molar-refractivity contribution in [1.29, 1.82) is 0 Å². The van der Waals surface area contributed by atoms with Crippen molar-refractivity contribution in [3.63, 3.8) is 0 Å². The Kier molecular flexibility index (Phi) is 3.44. The summed E-state index contributed by atoms with van der Waals surface area (Å²) in [5, 5.41) is 18.2. The second-order valence-corrected chi connectivity index (χ2v) is 5.52. The van der Waals surface area contributed by atoms with Crippen LogP contribution in [0, 0.1) is 0 Å². The van der Waals surface area contributed by atoms with E-state index in [0.29, 0.717) is 18.5 Å². The van der Waals surface area contributed by atoms with Gasteiger partial charge < -0.3 is 15.1 Å². The lowest BCUT2D eigenvalue weighted by molar-refractivity contribution is 0.384. The summed E-state index contributed by atoms with van der Waals surface area (Å²) >= 11 is 1.61. The Balaban J connectivity index is 1.92. The van der Waals surface area contributed by atoms with Crippen LogP contribution >= 0.6 is 11.3 Å². The van der Waals surface area contributed by atoms with E-state index in [1.54, 1.807) is 11.3 Å². The number of hydrogen-bond acceptors (Lipinski definition) is 6. The number of nitrogens with zero attached hydrogens (tertiary/aromatic N) is 2. The predicted octanol–water partition coefficient (Wildman–Crippen LogP) is 2.76. The zero-order chi connectivity index (χ0) is 12.3. The van der Waals surface area contributed by atoms with E-state index in [2.05, 4.69) is 41.6 Å². The van der Waals surface area contributed by atoms with Gasteiger partial charge in [-0.15, -0.1) is 5.10 Å². The van der Waals surface area contributed by atoms with Crippen molar-refractivity contribution >= 4 is 23.0 Å². The molecule has 6 heteroatoms. The highest BCUT2D eigenvalue weighted by atomic mass is 32.1.